The van der Waals surface area contributed by atoms with Crippen molar-refractivity contribution in [3.63, 3.8) is 0 Å². The summed E-state index contributed by atoms with van der Waals surface area (Å²) in [5, 5.41) is 2.75. The average Bonchev–Trinajstić information content (AvgIpc) is 3.36. The molecule has 0 fully saturated rings. The van der Waals surface area contributed by atoms with Crippen LogP contribution in [0.1, 0.15) is 110 Å². The van der Waals surface area contributed by atoms with Gasteiger partial charge >= 0.3 is 35.8 Å². The van der Waals surface area contributed by atoms with Crippen LogP contribution < -0.4 is 5.32 Å². The number of allylic oxidation sites excluding steroid dienone is 2. The van der Waals surface area contributed by atoms with E-state index in [0.29, 0.717) is 82.6 Å². The molecule has 0 aliphatic carbocycles. The number of ketones is 2. The van der Waals surface area contributed by atoms with Gasteiger partial charge in [0.1, 0.15) is 24.1 Å². The third-order valence-electron chi connectivity index (χ3n) is 8.47. The molecule has 430 valence electrons. The second kappa shape index (κ2) is 49.9. The van der Waals surface area contributed by atoms with E-state index in [-0.39, 0.29) is 98.7 Å². The fourth-order valence-electron chi connectivity index (χ4n) is 4.24. The molecule has 0 heterocycles. The number of carbonyl (C=O) groups is 9. The second-order valence-electron chi connectivity index (χ2n) is 16.4. The van der Waals surface area contributed by atoms with Gasteiger partial charge in [0.25, 0.3) is 0 Å². The summed E-state index contributed by atoms with van der Waals surface area (Å²) >= 11 is 22.5. The number of Topliss-reactive ketones (excluding diaryl/α,β-unsaturated/α-hetero) is 2. The van der Waals surface area contributed by atoms with Gasteiger partial charge in [-0.1, -0.05) is 95.1 Å². The fourth-order valence-corrected chi connectivity index (χ4v) is 4.96. The van der Waals surface area contributed by atoms with Crippen LogP contribution >= 0.6 is 66.7 Å². The van der Waals surface area contributed by atoms with Gasteiger partial charge in [0.15, 0.2) is 11.6 Å². The number of unbranched alkanes of at least 4 members (excludes halogenated alkanes) is 1. The molecule has 0 unspecified atom stereocenters. The number of alkyl halides is 5. The van der Waals surface area contributed by atoms with Crippen molar-refractivity contribution < 1.29 is 76.3 Å². The summed E-state index contributed by atoms with van der Waals surface area (Å²) in [5.41, 5.74) is 3.27. The van der Waals surface area contributed by atoms with Crippen molar-refractivity contribution >= 4 is 126 Å². The van der Waals surface area contributed by atoms with E-state index < -0.39 is 26.6 Å². The quantitative estimate of drug-likeness (QED) is 0.0222. The summed E-state index contributed by atoms with van der Waals surface area (Å²) < 4.78 is 32.8. The van der Waals surface area contributed by atoms with Crippen molar-refractivity contribution in [2.24, 2.45) is 0 Å². The highest BCUT2D eigenvalue weighted by Gasteiger charge is 2.25. The van der Waals surface area contributed by atoms with Gasteiger partial charge in [-0.2, -0.15) is 0 Å². The van der Waals surface area contributed by atoms with Gasteiger partial charge in [-0.15, -0.1) is 34.8 Å². The molecule has 0 saturated carbocycles. The van der Waals surface area contributed by atoms with E-state index >= 15 is 0 Å². The van der Waals surface area contributed by atoms with Crippen LogP contribution in [-0.4, -0.2) is 132 Å². The maximum absolute atomic E-state index is 11.4. The van der Waals surface area contributed by atoms with E-state index in [4.69, 9.17) is 58.5 Å². The first-order chi connectivity index (χ1) is 35.7. The van der Waals surface area contributed by atoms with Crippen LogP contribution in [0.5, 0.6) is 0 Å². The van der Waals surface area contributed by atoms with Crippen molar-refractivity contribution in [1.82, 2.24) is 5.32 Å². The Hall–Kier alpha value is -4.66. The minimum Gasteiger partial charge on any atom is -0.466 e. The van der Waals surface area contributed by atoms with Gasteiger partial charge in [-0.05, 0) is 89.5 Å². The van der Waals surface area contributed by atoms with E-state index in [1.54, 1.807) is 47.6 Å². The molecule has 1 N–H and O–H groups in total. The lowest BCUT2D eigenvalue weighted by Crippen LogP contribution is -2.38. The van der Waals surface area contributed by atoms with E-state index in [1.807, 2.05) is 24.3 Å². The van der Waals surface area contributed by atoms with Gasteiger partial charge in [0.05, 0.1) is 56.6 Å². The molecule has 1 rings (SSSR count). The highest BCUT2D eigenvalue weighted by atomic mass is 79.9. The van der Waals surface area contributed by atoms with Crippen molar-refractivity contribution in [1.29, 1.82) is 0 Å². The number of ether oxygens (including phenoxy) is 7. The number of amides is 1. The van der Waals surface area contributed by atoms with Crippen LogP contribution in [0.3, 0.4) is 0 Å². The van der Waals surface area contributed by atoms with E-state index in [1.165, 1.54) is 0 Å². The number of nitrogens with one attached hydrogen (secondary N) is 1. The lowest BCUT2D eigenvalue weighted by molar-refractivity contribution is -0.149. The fraction of sp³-hybridized carbons (Fsp3) is 0.537. The zero-order valence-corrected chi connectivity index (χ0v) is 50.3. The minimum atomic E-state index is -0.661. The lowest BCUT2D eigenvalue weighted by Gasteiger charge is -2.15. The standard InChI is InChI=1S/C14H17ClO3.C11H18BrNO2.C11H17BrO3.C10H15ClO4.C8H11ClO4/c1-2-12-3-5-13(6-4-12)11-17-9-10-18-14(16)7-8-15;1-8(2)9(14)6-5-7-13-10(15)11(3,4)12;1-8(2)9(13)6-5-7-15-10(14)11(3,4)12;1-2-9(12)14-7-3-4-8-15-10(13)5-6-11;1-2-7(10)12-5-6-13-8(11)3-4-9/h2-6H,1,7-11H2;1,5-7H2,2-4H3,(H,13,15);1,5-7H2,2-4H3;2H,1,3-8H2;2H,1,3-6H2. The molecule has 0 atom stereocenters. The second-order valence-corrected chi connectivity index (χ2v) is 21.5. The van der Waals surface area contributed by atoms with Crippen LogP contribution in [0.15, 0.2) is 80.5 Å². The van der Waals surface area contributed by atoms with E-state index in [0.717, 1.165) is 23.3 Å². The topological polar surface area (TPSA) is 230 Å². The average molecular weight is 1260 g/mol. The molecule has 17 nitrogen and oxygen atoms in total. The summed E-state index contributed by atoms with van der Waals surface area (Å²) in [5.74, 6) is -1.47. The van der Waals surface area contributed by atoms with Gasteiger partial charge in [-0.3, -0.25) is 33.6 Å². The molecular weight excluding hydrogens is 1180 g/mol. The minimum absolute atomic E-state index is 0.0177. The Kier molecular flexibility index (Phi) is 51.1. The molecule has 1 aromatic carbocycles. The zero-order valence-electron chi connectivity index (χ0n) is 44.8. The van der Waals surface area contributed by atoms with Crippen LogP contribution in [-0.2, 0) is 82.9 Å². The Labute approximate surface area is 481 Å². The molecule has 0 radical (unpaired) electrons. The molecule has 22 heteroatoms. The van der Waals surface area contributed by atoms with Gasteiger partial charge < -0.3 is 38.5 Å². The largest absolute Gasteiger partial charge is 0.466 e. The first-order valence-corrected chi connectivity index (χ1v) is 27.1. The highest BCUT2D eigenvalue weighted by molar-refractivity contribution is 9.10. The van der Waals surface area contributed by atoms with Crippen LogP contribution in [0, 0.1) is 0 Å². The molecule has 0 aliphatic rings. The summed E-state index contributed by atoms with van der Waals surface area (Å²) in [7, 11) is 0. The number of carbonyl (C=O) groups excluding carboxylic acids is 9. The molecule has 1 aromatic rings. The number of benzene rings is 1. The molecule has 0 spiro atoms. The number of esters is 6. The number of hydrogen-bond donors (Lipinski definition) is 1. The molecule has 76 heavy (non-hydrogen) atoms. The predicted molar refractivity (Wildman–Crippen MR) is 305 cm³/mol. The Bertz CT molecular complexity index is 1890. The first-order valence-electron chi connectivity index (χ1n) is 23.9. The van der Waals surface area contributed by atoms with Gasteiger partial charge in [0, 0.05) is 49.2 Å². The highest BCUT2D eigenvalue weighted by Crippen LogP contribution is 2.18. The normalized spacial score (nSPS) is 10.1. The van der Waals surface area contributed by atoms with Crippen molar-refractivity contribution in [3.8, 4) is 0 Å². The molecule has 0 aliphatic heterocycles. The molecule has 1 amide bonds. The van der Waals surface area contributed by atoms with Gasteiger partial charge in [0.2, 0.25) is 5.91 Å². The van der Waals surface area contributed by atoms with Crippen molar-refractivity contribution in [2.45, 2.75) is 115 Å². The third kappa shape index (κ3) is 52.8. The van der Waals surface area contributed by atoms with E-state index in [9.17, 15) is 43.2 Å². The summed E-state index contributed by atoms with van der Waals surface area (Å²) in [6.07, 6.45) is 7.92. The summed E-state index contributed by atoms with van der Waals surface area (Å²) in [6, 6.07) is 7.92. The van der Waals surface area contributed by atoms with Crippen LogP contribution in [0.25, 0.3) is 6.08 Å². The monoisotopic (exact) mass is 1260 g/mol. The predicted octanol–water partition coefficient (Wildman–Crippen LogP) is 10.4. The molecular formula is C54H78Br2Cl3NO16. The third-order valence-corrected chi connectivity index (χ3v) is 9.72. The Balaban J connectivity index is -0.000000428. The summed E-state index contributed by atoms with van der Waals surface area (Å²) in [6.45, 7) is 30.3. The Morgan fingerprint density at radius 3 is 1.34 bits per heavy atom. The number of halogens is 5. The van der Waals surface area contributed by atoms with E-state index in [2.05, 4.69) is 79.5 Å². The molecule has 0 saturated heterocycles. The maximum atomic E-state index is 11.4. The van der Waals surface area contributed by atoms with Crippen molar-refractivity contribution in [2.75, 3.05) is 70.4 Å². The number of hydrogen-bond acceptors (Lipinski definition) is 16. The molecule has 0 aromatic heterocycles. The Morgan fingerprint density at radius 1 is 0.539 bits per heavy atom. The SMILES string of the molecule is C=C(C)C(=O)CCCNC(=O)C(C)(C)Br.C=C(C)C(=O)CCCOC(=O)C(C)(C)Br.C=CC(=O)OCCCCOC(=O)CCCl.C=CC(=O)OCCOC(=O)CCCl.C=Cc1ccc(COCCOC(=O)CCCl)cc1. The first kappa shape index (κ1) is 77.8. The van der Waals surface area contributed by atoms with Crippen LogP contribution in [0.4, 0.5) is 0 Å². The molecule has 0 bridgehead atoms. The zero-order chi connectivity index (χ0) is 59.0. The maximum Gasteiger partial charge on any atom is 0.330 e. The Morgan fingerprint density at radius 2 is 0.934 bits per heavy atom. The van der Waals surface area contributed by atoms with Crippen LogP contribution in [0.2, 0.25) is 0 Å². The van der Waals surface area contributed by atoms with Gasteiger partial charge in [-0.25, -0.2) is 9.59 Å². The number of rotatable bonds is 34. The lowest BCUT2D eigenvalue weighted by atomic mass is 10.1. The summed E-state index contributed by atoms with van der Waals surface area (Å²) in [4.78, 5) is 98.5. The smallest absolute Gasteiger partial charge is 0.330 e. The van der Waals surface area contributed by atoms with Crippen molar-refractivity contribution in [3.05, 3.63) is 91.6 Å².